The van der Waals surface area contributed by atoms with Gasteiger partial charge in [0, 0.05) is 18.0 Å². The lowest BCUT2D eigenvalue weighted by Gasteiger charge is -2.06. The topological polar surface area (TPSA) is 68.1 Å². The van der Waals surface area contributed by atoms with E-state index >= 15 is 0 Å². The Bertz CT molecular complexity index is 552. The first kappa shape index (κ1) is 12.0. The number of hydrogen-bond acceptors (Lipinski definition) is 4. The number of nitrogens with zero attached hydrogens (tertiary/aromatic N) is 2. The number of anilines is 2. The third kappa shape index (κ3) is 2.63. The fourth-order valence-corrected chi connectivity index (χ4v) is 1.60. The number of rotatable bonds is 4. The molecule has 0 aliphatic carbocycles. The first-order chi connectivity index (χ1) is 8.70. The van der Waals surface area contributed by atoms with Gasteiger partial charge < -0.3 is 5.32 Å². The molecule has 0 spiro atoms. The lowest BCUT2D eigenvalue weighted by Crippen LogP contribution is -1.99. The number of aromatic nitrogens is 1. The second-order valence-corrected chi connectivity index (χ2v) is 3.80. The zero-order valence-electron chi connectivity index (χ0n) is 9.96. The van der Waals surface area contributed by atoms with Gasteiger partial charge in [-0.2, -0.15) is 0 Å². The van der Waals surface area contributed by atoms with E-state index in [1.807, 2.05) is 24.3 Å². The van der Waals surface area contributed by atoms with Gasteiger partial charge in [-0.3, -0.25) is 10.1 Å². The van der Waals surface area contributed by atoms with Gasteiger partial charge in [0.15, 0.2) is 0 Å². The maximum atomic E-state index is 10.8. The molecular weight excluding hydrogens is 230 g/mol. The van der Waals surface area contributed by atoms with Crippen LogP contribution >= 0.6 is 0 Å². The maximum absolute atomic E-state index is 10.8. The van der Waals surface area contributed by atoms with Crippen LogP contribution in [0, 0.1) is 10.1 Å². The van der Waals surface area contributed by atoms with E-state index in [-0.39, 0.29) is 11.5 Å². The minimum Gasteiger partial charge on any atom is -0.334 e. The van der Waals surface area contributed by atoms with E-state index in [0.29, 0.717) is 0 Å². The Labute approximate surface area is 105 Å². The summed E-state index contributed by atoms with van der Waals surface area (Å²) in [4.78, 5) is 14.4. The predicted molar refractivity (Wildman–Crippen MR) is 70.0 cm³/mol. The molecule has 18 heavy (non-hydrogen) atoms. The Balaban J connectivity index is 2.25. The third-order valence-corrected chi connectivity index (χ3v) is 2.61. The molecule has 0 fully saturated rings. The van der Waals surface area contributed by atoms with Crippen LogP contribution in [-0.2, 0) is 6.42 Å². The van der Waals surface area contributed by atoms with Crippen molar-refractivity contribution in [1.29, 1.82) is 0 Å². The lowest BCUT2D eigenvalue weighted by molar-refractivity contribution is -0.384. The van der Waals surface area contributed by atoms with Crippen molar-refractivity contribution in [2.75, 3.05) is 5.32 Å². The van der Waals surface area contributed by atoms with Crippen molar-refractivity contribution in [3.63, 3.8) is 0 Å². The molecular formula is C13H13N3O2. The molecule has 1 heterocycles. The summed E-state index contributed by atoms with van der Waals surface area (Å²) in [6.07, 6.45) is 2.49. The monoisotopic (exact) mass is 243 g/mol. The van der Waals surface area contributed by atoms with E-state index < -0.39 is 4.92 Å². The molecule has 0 aliphatic heterocycles. The van der Waals surface area contributed by atoms with E-state index in [1.165, 1.54) is 17.8 Å². The van der Waals surface area contributed by atoms with Gasteiger partial charge in [0.25, 0.3) is 0 Å². The summed E-state index contributed by atoms with van der Waals surface area (Å²) < 4.78 is 0. The smallest absolute Gasteiger partial charge is 0.311 e. The highest BCUT2D eigenvalue weighted by Gasteiger charge is 2.13. The molecule has 2 rings (SSSR count). The molecule has 1 N–H and O–H groups in total. The van der Waals surface area contributed by atoms with Crippen molar-refractivity contribution >= 4 is 17.2 Å². The van der Waals surface area contributed by atoms with Gasteiger partial charge >= 0.3 is 5.69 Å². The molecule has 1 aromatic heterocycles. The van der Waals surface area contributed by atoms with Crippen LogP contribution < -0.4 is 5.32 Å². The van der Waals surface area contributed by atoms with Crippen molar-refractivity contribution in [3.05, 3.63) is 58.3 Å². The van der Waals surface area contributed by atoms with Gasteiger partial charge in [0.05, 0.1) is 4.92 Å². The van der Waals surface area contributed by atoms with E-state index in [9.17, 15) is 10.1 Å². The second kappa shape index (κ2) is 5.27. The third-order valence-electron chi connectivity index (χ3n) is 2.61. The summed E-state index contributed by atoms with van der Waals surface area (Å²) in [5.74, 6) is 0.256. The standard InChI is InChI=1S/C13H13N3O2/c1-2-10-5-7-11(8-6-10)15-13-12(16(17)18)4-3-9-14-13/h3-9H,2H2,1H3,(H,14,15). The van der Waals surface area contributed by atoms with Gasteiger partial charge in [-0.15, -0.1) is 0 Å². The molecule has 92 valence electrons. The molecule has 0 atom stereocenters. The fraction of sp³-hybridized carbons (Fsp3) is 0.154. The Morgan fingerprint density at radius 2 is 2.00 bits per heavy atom. The van der Waals surface area contributed by atoms with Gasteiger partial charge in [-0.05, 0) is 30.2 Å². The van der Waals surface area contributed by atoms with Crippen LogP contribution in [0.4, 0.5) is 17.2 Å². The number of benzene rings is 1. The van der Waals surface area contributed by atoms with Gasteiger partial charge in [-0.25, -0.2) is 4.98 Å². The zero-order valence-corrected chi connectivity index (χ0v) is 9.96. The fourth-order valence-electron chi connectivity index (χ4n) is 1.60. The van der Waals surface area contributed by atoms with E-state index in [2.05, 4.69) is 17.2 Å². The van der Waals surface area contributed by atoms with Crippen molar-refractivity contribution in [2.45, 2.75) is 13.3 Å². The van der Waals surface area contributed by atoms with Crippen molar-refractivity contribution in [2.24, 2.45) is 0 Å². The van der Waals surface area contributed by atoms with Gasteiger partial charge in [0.1, 0.15) is 0 Å². The van der Waals surface area contributed by atoms with Crippen LogP contribution in [0.15, 0.2) is 42.6 Å². The van der Waals surface area contributed by atoms with Crippen LogP contribution in [0.1, 0.15) is 12.5 Å². The average Bonchev–Trinajstić information content (AvgIpc) is 2.40. The SMILES string of the molecule is CCc1ccc(Nc2ncccc2[N+](=O)[O-])cc1. The molecule has 5 nitrogen and oxygen atoms in total. The zero-order chi connectivity index (χ0) is 13.0. The Kier molecular flexibility index (Phi) is 3.52. The van der Waals surface area contributed by atoms with Crippen LogP contribution in [0.2, 0.25) is 0 Å². The summed E-state index contributed by atoms with van der Waals surface area (Å²) in [7, 11) is 0. The summed E-state index contributed by atoms with van der Waals surface area (Å²) in [6, 6.07) is 10.7. The number of nitrogens with one attached hydrogen (secondary N) is 1. The number of nitro groups is 1. The molecule has 5 heteroatoms. The van der Waals surface area contributed by atoms with E-state index in [4.69, 9.17) is 0 Å². The number of aryl methyl sites for hydroxylation is 1. The Morgan fingerprint density at radius 3 is 2.61 bits per heavy atom. The summed E-state index contributed by atoms with van der Waals surface area (Å²) in [5, 5.41) is 13.8. The largest absolute Gasteiger partial charge is 0.334 e. The van der Waals surface area contributed by atoms with Crippen molar-refractivity contribution in [3.8, 4) is 0 Å². The first-order valence-electron chi connectivity index (χ1n) is 5.66. The maximum Gasteiger partial charge on any atom is 0.311 e. The van der Waals surface area contributed by atoms with E-state index in [0.717, 1.165) is 12.1 Å². The molecule has 0 amide bonds. The van der Waals surface area contributed by atoms with Crippen LogP contribution in [-0.4, -0.2) is 9.91 Å². The van der Waals surface area contributed by atoms with Crippen molar-refractivity contribution in [1.82, 2.24) is 4.98 Å². The quantitative estimate of drug-likeness (QED) is 0.660. The molecule has 0 unspecified atom stereocenters. The summed E-state index contributed by atoms with van der Waals surface area (Å²) in [6.45, 7) is 2.08. The molecule has 1 aromatic carbocycles. The van der Waals surface area contributed by atoms with Crippen molar-refractivity contribution < 1.29 is 4.92 Å². The predicted octanol–water partition coefficient (Wildman–Crippen LogP) is 3.30. The highest BCUT2D eigenvalue weighted by Crippen LogP contribution is 2.24. The van der Waals surface area contributed by atoms with Gasteiger partial charge in [-0.1, -0.05) is 19.1 Å². The molecule has 0 saturated carbocycles. The molecule has 0 radical (unpaired) electrons. The molecule has 0 aliphatic rings. The van der Waals surface area contributed by atoms with Crippen LogP contribution in [0.25, 0.3) is 0 Å². The molecule has 0 bridgehead atoms. The second-order valence-electron chi connectivity index (χ2n) is 3.80. The highest BCUT2D eigenvalue weighted by molar-refractivity contribution is 5.65. The minimum absolute atomic E-state index is 0.0305. The molecule has 2 aromatic rings. The van der Waals surface area contributed by atoms with Gasteiger partial charge in [0.2, 0.25) is 5.82 Å². The number of pyridine rings is 1. The normalized spacial score (nSPS) is 10.1. The lowest BCUT2D eigenvalue weighted by atomic mass is 10.1. The van der Waals surface area contributed by atoms with Crippen LogP contribution in [0.5, 0.6) is 0 Å². The summed E-state index contributed by atoms with van der Waals surface area (Å²) >= 11 is 0. The Hall–Kier alpha value is -2.43. The molecule has 0 saturated heterocycles. The average molecular weight is 243 g/mol. The highest BCUT2D eigenvalue weighted by atomic mass is 16.6. The van der Waals surface area contributed by atoms with E-state index in [1.54, 1.807) is 6.07 Å². The summed E-state index contributed by atoms with van der Waals surface area (Å²) in [5.41, 5.74) is 1.97. The Morgan fingerprint density at radius 1 is 1.28 bits per heavy atom. The first-order valence-corrected chi connectivity index (χ1v) is 5.66. The number of hydrogen-bond donors (Lipinski definition) is 1. The van der Waals surface area contributed by atoms with Crippen LogP contribution in [0.3, 0.4) is 0 Å². The minimum atomic E-state index is -0.449.